The molecule has 1 aliphatic rings. The van der Waals surface area contributed by atoms with Gasteiger partial charge in [0.2, 0.25) is 0 Å². The summed E-state index contributed by atoms with van der Waals surface area (Å²) in [7, 11) is 0. The Labute approximate surface area is 123 Å². The van der Waals surface area contributed by atoms with Crippen LogP contribution in [0.3, 0.4) is 0 Å². The third-order valence-electron chi connectivity index (χ3n) is 2.50. The van der Waals surface area contributed by atoms with E-state index in [2.05, 4.69) is 56.0 Å². The van der Waals surface area contributed by atoms with Crippen LogP contribution in [0.4, 0.5) is 5.69 Å². The van der Waals surface area contributed by atoms with Crippen molar-refractivity contribution in [2.24, 2.45) is 4.99 Å². The number of anilines is 1. The van der Waals surface area contributed by atoms with Crippen LogP contribution in [0.15, 0.2) is 32.1 Å². The van der Waals surface area contributed by atoms with Gasteiger partial charge in [-0.2, -0.15) is 0 Å². The second-order valence-corrected chi connectivity index (χ2v) is 7.39. The smallest absolute Gasteiger partial charge is 0.161 e. The summed E-state index contributed by atoms with van der Waals surface area (Å²) in [5.74, 6) is 0. The molecule has 2 unspecified atom stereocenters. The van der Waals surface area contributed by atoms with E-state index in [1.165, 1.54) is 0 Å². The first kappa shape index (κ1) is 13.4. The molecule has 2 rings (SSSR count). The highest BCUT2D eigenvalue weighted by molar-refractivity contribution is 9.11. The number of hydrogen-bond acceptors (Lipinski definition) is 3. The zero-order chi connectivity index (χ0) is 12.4. The summed E-state index contributed by atoms with van der Waals surface area (Å²) in [6, 6.07) is 6.50. The van der Waals surface area contributed by atoms with Crippen LogP contribution >= 0.6 is 43.6 Å². The topological polar surface area (TPSA) is 24.4 Å². The lowest BCUT2D eigenvalue weighted by Crippen LogP contribution is -2.22. The van der Waals surface area contributed by atoms with E-state index in [1.54, 1.807) is 11.8 Å². The van der Waals surface area contributed by atoms with Crippen LogP contribution in [0.25, 0.3) is 0 Å². The van der Waals surface area contributed by atoms with Crippen LogP contribution in [-0.4, -0.2) is 16.5 Å². The second kappa shape index (κ2) is 5.76. The molecule has 1 heterocycles. The molecule has 0 saturated carbocycles. The van der Waals surface area contributed by atoms with Crippen molar-refractivity contribution in [2.45, 2.75) is 31.6 Å². The number of nitrogens with one attached hydrogen (secondary N) is 1. The summed E-state index contributed by atoms with van der Waals surface area (Å²) >= 11 is 8.80. The minimum absolute atomic E-state index is 0.406. The first-order valence-electron chi connectivity index (χ1n) is 5.51. The summed E-state index contributed by atoms with van der Waals surface area (Å²) in [6.45, 7) is 4.41. The molecule has 0 radical (unpaired) electrons. The molecule has 17 heavy (non-hydrogen) atoms. The van der Waals surface area contributed by atoms with Gasteiger partial charge in [0.25, 0.3) is 0 Å². The predicted octanol–water partition coefficient (Wildman–Crippen LogP) is 4.89. The highest BCUT2D eigenvalue weighted by Gasteiger charge is 2.18. The van der Waals surface area contributed by atoms with Crippen molar-refractivity contribution < 1.29 is 0 Å². The Balaban J connectivity index is 2.15. The largest absolute Gasteiger partial charge is 0.334 e. The van der Waals surface area contributed by atoms with Gasteiger partial charge in [-0.1, -0.05) is 34.6 Å². The fourth-order valence-electron chi connectivity index (χ4n) is 1.77. The molecular formula is C12H14Br2N2S. The van der Waals surface area contributed by atoms with Crippen LogP contribution in [-0.2, 0) is 0 Å². The van der Waals surface area contributed by atoms with Crippen molar-refractivity contribution in [1.82, 2.24) is 0 Å². The van der Waals surface area contributed by atoms with Crippen LogP contribution in [0.1, 0.15) is 20.3 Å². The summed E-state index contributed by atoms with van der Waals surface area (Å²) in [6.07, 6.45) is 1.15. The summed E-state index contributed by atoms with van der Waals surface area (Å²) < 4.78 is 2.11. The first-order valence-corrected chi connectivity index (χ1v) is 7.97. The number of nitrogens with zero attached hydrogens (tertiary/aromatic N) is 1. The van der Waals surface area contributed by atoms with Crippen molar-refractivity contribution >= 4 is 54.5 Å². The van der Waals surface area contributed by atoms with E-state index in [4.69, 9.17) is 0 Å². The monoisotopic (exact) mass is 376 g/mol. The highest BCUT2D eigenvalue weighted by atomic mass is 79.9. The number of thioether (sulfide) groups is 1. The molecule has 0 spiro atoms. The lowest BCUT2D eigenvalue weighted by molar-refractivity contribution is 0.661. The Bertz CT molecular complexity index is 448. The number of rotatable bonds is 1. The van der Waals surface area contributed by atoms with Crippen molar-refractivity contribution in [3.63, 3.8) is 0 Å². The van der Waals surface area contributed by atoms with Gasteiger partial charge in [-0.05, 0) is 47.5 Å². The van der Waals surface area contributed by atoms with Crippen molar-refractivity contribution in [3.05, 3.63) is 27.1 Å². The minimum atomic E-state index is 0.406. The molecule has 0 fully saturated rings. The fraction of sp³-hybridized carbons (Fsp3) is 0.417. The van der Waals surface area contributed by atoms with Gasteiger partial charge in [0.15, 0.2) is 5.17 Å². The number of aliphatic imine (C=N–C) groups is 1. The number of halogens is 2. The summed E-state index contributed by atoms with van der Waals surface area (Å²) in [5.41, 5.74) is 1.06. The van der Waals surface area contributed by atoms with Crippen LogP contribution in [0.5, 0.6) is 0 Å². The summed E-state index contributed by atoms with van der Waals surface area (Å²) in [4.78, 5) is 4.63. The molecule has 1 aromatic carbocycles. The van der Waals surface area contributed by atoms with Gasteiger partial charge < -0.3 is 5.32 Å². The molecule has 0 aliphatic carbocycles. The molecule has 5 heteroatoms. The SMILES string of the molecule is CC1CC(C)SC(Nc2ccc(Br)cc2Br)=N1. The van der Waals surface area contributed by atoms with Crippen LogP contribution in [0, 0.1) is 0 Å². The van der Waals surface area contributed by atoms with Gasteiger partial charge in [-0.3, -0.25) is 4.99 Å². The van der Waals surface area contributed by atoms with E-state index in [-0.39, 0.29) is 0 Å². The Morgan fingerprint density at radius 2 is 2.12 bits per heavy atom. The van der Waals surface area contributed by atoms with Gasteiger partial charge in [-0.25, -0.2) is 0 Å². The maximum atomic E-state index is 4.63. The zero-order valence-corrected chi connectivity index (χ0v) is 13.7. The predicted molar refractivity (Wildman–Crippen MR) is 84.0 cm³/mol. The molecule has 1 N–H and O–H groups in total. The first-order chi connectivity index (χ1) is 8.04. The number of benzene rings is 1. The lowest BCUT2D eigenvalue weighted by atomic mass is 10.2. The normalized spacial score (nSPS) is 24.4. The molecule has 0 amide bonds. The zero-order valence-electron chi connectivity index (χ0n) is 9.71. The standard InChI is InChI=1S/C12H14Br2N2S/c1-7-5-8(2)17-12(15-7)16-11-4-3-9(13)6-10(11)14/h3-4,6-8H,5H2,1-2H3,(H,15,16). The highest BCUT2D eigenvalue weighted by Crippen LogP contribution is 2.30. The van der Waals surface area contributed by atoms with Gasteiger partial charge in [0, 0.05) is 14.2 Å². The molecule has 2 nitrogen and oxygen atoms in total. The van der Waals surface area contributed by atoms with Crippen molar-refractivity contribution in [2.75, 3.05) is 5.32 Å². The molecule has 0 aromatic heterocycles. The maximum Gasteiger partial charge on any atom is 0.161 e. The van der Waals surface area contributed by atoms with Gasteiger partial charge in [-0.15, -0.1) is 0 Å². The molecular weight excluding hydrogens is 364 g/mol. The van der Waals surface area contributed by atoms with Crippen LogP contribution in [0.2, 0.25) is 0 Å². The average molecular weight is 378 g/mol. The minimum Gasteiger partial charge on any atom is -0.334 e. The van der Waals surface area contributed by atoms with Crippen LogP contribution < -0.4 is 5.32 Å². The molecule has 1 aliphatic heterocycles. The summed E-state index contributed by atoms with van der Waals surface area (Å²) in [5, 5.41) is 5.02. The van der Waals surface area contributed by atoms with Gasteiger partial charge in [0.1, 0.15) is 0 Å². The van der Waals surface area contributed by atoms with E-state index in [1.807, 2.05) is 18.2 Å². The molecule has 0 bridgehead atoms. The Hall–Kier alpha value is -0.0000000000000000555. The lowest BCUT2D eigenvalue weighted by Gasteiger charge is -2.23. The quantitative estimate of drug-likeness (QED) is 0.753. The van der Waals surface area contributed by atoms with Crippen molar-refractivity contribution in [3.8, 4) is 0 Å². The third-order valence-corrected chi connectivity index (χ3v) is 4.67. The molecule has 2 atom stereocenters. The average Bonchev–Trinajstić information content (AvgIpc) is 2.21. The molecule has 1 aromatic rings. The van der Waals surface area contributed by atoms with Crippen molar-refractivity contribution in [1.29, 1.82) is 0 Å². The fourth-order valence-corrected chi connectivity index (χ4v) is 4.08. The molecule has 92 valence electrons. The molecule has 0 saturated heterocycles. The Morgan fingerprint density at radius 3 is 2.76 bits per heavy atom. The van der Waals surface area contributed by atoms with E-state index in [0.29, 0.717) is 11.3 Å². The van der Waals surface area contributed by atoms with E-state index in [0.717, 1.165) is 26.2 Å². The van der Waals surface area contributed by atoms with Gasteiger partial charge >= 0.3 is 0 Å². The Kier molecular flexibility index (Phi) is 4.55. The van der Waals surface area contributed by atoms with E-state index >= 15 is 0 Å². The maximum absolute atomic E-state index is 4.63. The third kappa shape index (κ3) is 3.73. The second-order valence-electron chi connectivity index (χ2n) is 4.20. The van der Waals surface area contributed by atoms with E-state index < -0.39 is 0 Å². The van der Waals surface area contributed by atoms with Gasteiger partial charge in [0.05, 0.1) is 11.7 Å². The van der Waals surface area contributed by atoms with E-state index in [9.17, 15) is 0 Å². The number of hydrogen-bond donors (Lipinski definition) is 1. The Morgan fingerprint density at radius 1 is 1.35 bits per heavy atom. The number of amidine groups is 1.